The van der Waals surface area contributed by atoms with Crippen molar-refractivity contribution in [1.29, 1.82) is 0 Å². The molecule has 1 unspecified atom stereocenters. The lowest BCUT2D eigenvalue weighted by Gasteiger charge is -2.33. The van der Waals surface area contributed by atoms with Crippen LogP contribution in [0.25, 0.3) is 0 Å². The van der Waals surface area contributed by atoms with Gasteiger partial charge >= 0.3 is 0 Å². The minimum absolute atomic E-state index is 0.387. The van der Waals surface area contributed by atoms with E-state index in [0.29, 0.717) is 5.54 Å². The van der Waals surface area contributed by atoms with Gasteiger partial charge in [0.1, 0.15) is 0 Å². The Morgan fingerprint density at radius 2 is 1.90 bits per heavy atom. The Kier molecular flexibility index (Phi) is 1.66. The van der Waals surface area contributed by atoms with Crippen LogP contribution in [0.5, 0.6) is 0 Å². The molecule has 10 heavy (non-hydrogen) atoms. The molecule has 0 saturated carbocycles. The molecule has 2 saturated heterocycles. The van der Waals surface area contributed by atoms with Crippen LogP contribution in [0.3, 0.4) is 0 Å². The Balaban J connectivity index is 1.98. The van der Waals surface area contributed by atoms with Gasteiger partial charge in [-0.15, -0.1) is 0 Å². The highest BCUT2D eigenvalue weighted by atomic mass is 15.1. The standard InChI is InChI=1S/C8H15N2/c1-3-8(7-9-5-1)4-2-6-10-8/h7,9-10H,1-6H2. The van der Waals surface area contributed by atoms with Crippen molar-refractivity contribution >= 4 is 0 Å². The van der Waals surface area contributed by atoms with Crippen LogP contribution in [0.15, 0.2) is 0 Å². The Labute approximate surface area is 62.4 Å². The molecule has 2 heteroatoms. The first-order chi connectivity index (χ1) is 4.91. The van der Waals surface area contributed by atoms with Crippen LogP contribution in [-0.4, -0.2) is 18.6 Å². The van der Waals surface area contributed by atoms with Gasteiger partial charge < -0.3 is 10.6 Å². The second kappa shape index (κ2) is 2.51. The fourth-order valence-corrected chi connectivity index (χ4v) is 2.01. The van der Waals surface area contributed by atoms with E-state index in [0.717, 1.165) is 0 Å². The maximum absolute atomic E-state index is 3.55. The van der Waals surface area contributed by atoms with Crippen molar-refractivity contribution in [3.05, 3.63) is 6.54 Å². The summed E-state index contributed by atoms with van der Waals surface area (Å²) in [4.78, 5) is 0. The topological polar surface area (TPSA) is 24.1 Å². The van der Waals surface area contributed by atoms with Gasteiger partial charge in [-0.25, -0.2) is 0 Å². The highest BCUT2D eigenvalue weighted by Crippen LogP contribution is 2.28. The molecular formula is C8H15N2. The van der Waals surface area contributed by atoms with E-state index in [1.807, 2.05) is 0 Å². The molecule has 57 valence electrons. The normalized spacial score (nSPS) is 40.8. The van der Waals surface area contributed by atoms with E-state index < -0.39 is 0 Å². The first-order valence-corrected chi connectivity index (χ1v) is 4.24. The third kappa shape index (κ3) is 1.06. The number of nitrogens with one attached hydrogen (secondary N) is 2. The van der Waals surface area contributed by atoms with E-state index in [1.54, 1.807) is 0 Å². The first kappa shape index (κ1) is 6.62. The smallest absolute Gasteiger partial charge is 0.0422 e. The maximum atomic E-state index is 3.55. The zero-order valence-electron chi connectivity index (χ0n) is 6.32. The van der Waals surface area contributed by atoms with Crippen LogP contribution in [0.4, 0.5) is 0 Å². The Bertz CT molecular complexity index is 108. The minimum Gasteiger partial charge on any atom is -0.311 e. The summed E-state index contributed by atoms with van der Waals surface area (Å²) in [5, 5.41) is 6.88. The first-order valence-electron chi connectivity index (χ1n) is 4.24. The van der Waals surface area contributed by atoms with E-state index in [-0.39, 0.29) is 0 Å². The van der Waals surface area contributed by atoms with E-state index >= 15 is 0 Å². The summed E-state index contributed by atoms with van der Waals surface area (Å²) in [5.41, 5.74) is 0.387. The summed E-state index contributed by atoms with van der Waals surface area (Å²) in [6, 6.07) is 0. The second-order valence-corrected chi connectivity index (χ2v) is 3.39. The van der Waals surface area contributed by atoms with Gasteiger partial charge in [0, 0.05) is 12.1 Å². The van der Waals surface area contributed by atoms with Crippen LogP contribution in [0.1, 0.15) is 25.7 Å². The lowest BCUT2D eigenvalue weighted by atomic mass is 9.89. The predicted octanol–water partition coefficient (Wildman–Crippen LogP) is 0.654. The molecular weight excluding hydrogens is 124 g/mol. The average Bonchev–Trinajstić information content (AvgIpc) is 2.39. The quantitative estimate of drug-likeness (QED) is 0.515. The van der Waals surface area contributed by atoms with Gasteiger partial charge in [0.15, 0.2) is 0 Å². The number of piperidine rings is 1. The SMILES string of the molecule is [CH]1NCCCC12CCCN2. The summed E-state index contributed by atoms with van der Waals surface area (Å²) >= 11 is 0. The lowest BCUT2D eigenvalue weighted by Crippen LogP contribution is -2.48. The highest BCUT2D eigenvalue weighted by Gasteiger charge is 2.34. The molecule has 0 aromatic carbocycles. The van der Waals surface area contributed by atoms with Crippen LogP contribution in [0.2, 0.25) is 0 Å². The van der Waals surface area contributed by atoms with Crippen molar-refractivity contribution in [2.45, 2.75) is 31.2 Å². The van der Waals surface area contributed by atoms with Gasteiger partial charge in [-0.2, -0.15) is 0 Å². The van der Waals surface area contributed by atoms with Crippen molar-refractivity contribution in [2.24, 2.45) is 0 Å². The number of rotatable bonds is 0. The largest absolute Gasteiger partial charge is 0.311 e. The summed E-state index contributed by atoms with van der Waals surface area (Å²) in [6.45, 7) is 4.64. The van der Waals surface area contributed by atoms with Crippen molar-refractivity contribution < 1.29 is 0 Å². The van der Waals surface area contributed by atoms with Gasteiger partial charge in [0.05, 0.1) is 0 Å². The molecule has 2 fully saturated rings. The van der Waals surface area contributed by atoms with Gasteiger partial charge in [-0.05, 0) is 38.8 Å². The molecule has 1 atom stereocenters. The zero-order chi connectivity index (χ0) is 6.86. The number of hydrogen-bond donors (Lipinski definition) is 2. The zero-order valence-corrected chi connectivity index (χ0v) is 6.32. The average molecular weight is 139 g/mol. The Hall–Kier alpha value is -0.0800. The lowest BCUT2D eigenvalue weighted by molar-refractivity contribution is 0.331. The van der Waals surface area contributed by atoms with Gasteiger partial charge in [0.2, 0.25) is 0 Å². The van der Waals surface area contributed by atoms with Crippen molar-refractivity contribution in [1.82, 2.24) is 10.6 Å². The van der Waals surface area contributed by atoms with Crippen LogP contribution in [0, 0.1) is 6.54 Å². The Morgan fingerprint density at radius 3 is 2.50 bits per heavy atom. The fourth-order valence-electron chi connectivity index (χ4n) is 2.01. The summed E-state index contributed by atoms with van der Waals surface area (Å²) in [7, 11) is 0. The van der Waals surface area contributed by atoms with Crippen LogP contribution < -0.4 is 10.6 Å². The van der Waals surface area contributed by atoms with E-state index in [4.69, 9.17) is 0 Å². The molecule has 0 bridgehead atoms. The van der Waals surface area contributed by atoms with E-state index in [2.05, 4.69) is 17.2 Å². The molecule has 0 aliphatic carbocycles. The van der Waals surface area contributed by atoms with Crippen molar-refractivity contribution in [3.8, 4) is 0 Å². The molecule has 1 radical (unpaired) electrons. The molecule has 0 aromatic heterocycles. The summed E-state index contributed by atoms with van der Waals surface area (Å²) in [5.74, 6) is 0. The third-order valence-electron chi connectivity index (χ3n) is 2.60. The molecule has 2 N–H and O–H groups in total. The number of hydrogen-bond acceptors (Lipinski definition) is 2. The molecule has 2 rings (SSSR count). The molecule has 0 amide bonds. The highest BCUT2D eigenvalue weighted by molar-refractivity contribution is 5.04. The fraction of sp³-hybridized carbons (Fsp3) is 0.875. The summed E-state index contributed by atoms with van der Waals surface area (Å²) in [6.07, 6.45) is 5.34. The predicted molar refractivity (Wildman–Crippen MR) is 41.5 cm³/mol. The molecule has 2 heterocycles. The van der Waals surface area contributed by atoms with Crippen LogP contribution >= 0.6 is 0 Å². The maximum Gasteiger partial charge on any atom is 0.0422 e. The molecule has 2 aliphatic heterocycles. The second-order valence-electron chi connectivity index (χ2n) is 3.39. The van der Waals surface area contributed by atoms with E-state index in [1.165, 1.54) is 38.8 Å². The van der Waals surface area contributed by atoms with Crippen molar-refractivity contribution in [2.75, 3.05) is 13.1 Å². The van der Waals surface area contributed by atoms with E-state index in [9.17, 15) is 0 Å². The Morgan fingerprint density at radius 1 is 1.10 bits per heavy atom. The summed E-state index contributed by atoms with van der Waals surface area (Å²) < 4.78 is 0. The van der Waals surface area contributed by atoms with Gasteiger partial charge in [-0.3, -0.25) is 0 Å². The van der Waals surface area contributed by atoms with Crippen LogP contribution in [-0.2, 0) is 0 Å². The monoisotopic (exact) mass is 139 g/mol. The molecule has 2 nitrogen and oxygen atoms in total. The molecule has 1 spiro atoms. The third-order valence-corrected chi connectivity index (χ3v) is 2.60. The minimum atomic E-state index is 0.387. The molecule has 0 aromatic rings. The van der Waals surface area contributed by atoms with Gasteiger partial charge in [0.25, 0.3) is 0 Å². The van der Waals surface area contributed by atoms with Crippen molar-refractivity contribution in [3.63, 3.8) is 0 Å². The molecule has 2 aliphatic rings. The van der Waals surface area contributed by atoms with Gasteiger partial charge in [-0.1, -0.05) is 0 Å².